The van der Waals surface area contributed by atoms with Crippen LogP contribution in [-0.2, 0) is 14.4 Å². The highest BCUT2D eigenvalue weighted by atomic mass is 16.2. The van der Waals surface area contributed by atoms with Crippen molar-refractivity contribution in [1.82, 2.24) is 10.2 Å². The molecule has 0 saturated carbocycles. The number of carbonyl (C=O) groups is 2. The van der Waals surface area contributed by atoms with Gasteiger partial charge in [0.1, 0.15) is 12.0 Å². The molecule has 1 heterocycles. The van der Waals surface area contributed by atoms with Crippen molar-refractivity contribution in [2.75, 3.05) is 19.6 Å². The molecule has 1 amide bonds. The molecule has 16 heavy (non-hydrogen) atoms. The second-order valence-electron chi connectivity index (χ2n) is 3.91. The first-order valence-corrected chi connectivity index (χ1v) is 5.53. The van der Waals surface area contributed by atoms with Crippen LogP contribution in [0.3, 0.4) is 0 Å². The Morgan fingerprint density at radius 2 is 2.25 bits per heavy atom. The Bertz CT molecular complexity index is 291. The summed E-state index contributed by atoms with van der Waals surface area (Å²) in [5, 5.41) is 3.08. The van der Waals surface area contributed by atoms with Gasteiger partial charge >= 0.3 is 0 Å². The summed E-state index contributed by atoms with van der Waals surface area (Å²) < 4.78 is 0. The fraction of sp³-hybridized carbons (Fsp3) is 0.727. The third-order valence-corrected chi connectivity index (χ3v) is 2.79. The number of Topliss-reactive ketones (excluding diaryl/α,β-unsaturated/α-hetero) is 1. The Morgan fingerprint density at radius 3 is 2.81 bits per heavy atom. The zero-order chi connectivity index (χ0) is 12.1. The quantitative estimate of drug-likeness (QED) is 0.656. The highest BCUT2D eigenvalue weighted by molar-refractivity contribution is 5.95. The Labute approximate surface area is 95.2 Å². The summed E-state index contributed by atoms with van der Waals surface area (Å²) in [6.45, 7) is 4.88. The SMILES string of the molecule is CCC(=O)C1CNCCN1C(=O)C(C)[C]=O. The predicted molar refractivity (Wildman–Crippen MR) is 58.5 cm³/mol. The van der Waals surface area contributed by atoms with Gasteiger partial charge in [0, 0.05) is 26.1 Å². The van der Waals surface area contributed by atoms with Crippen LogP contribution in [0.4, 0.5) is 0 Å². The second-order valence-corrected chi connectivity index (χ2v) is 3.91. The van der Waals surface area contributed by atoms with Gasteiger partial charge in [0.2, 0.25) is 12.2 Å². The summed E-state index contributed by atoms with van der Waals surface area (Å²) in [6, 6.07) is -0.429. The summed E-state index contributed by atoms with van der Waals surface area (Å²) in [7, 11) is 0. The van der Waals surface area contributed by atoms with Crippen LogP contribution in [0.25, 0.3) is 0 Å². The molecule has 1 saturated heterocycles. The molecule has 1 rings (SSSR count). The molecular formula is C11H17N2O3. The van der Waals surface area contributed by atoms with E-state index in [-0.39, 0.29) is 11.7 Å². The van der Waals surface area contributed by atoms with E-state index in [2.05, 4.69) is 5.32 Å². The van der Waals surface area contributed by atoms with Gasteiger partial charge in [-0.3, -0.25) is 14.4 Å². The van der Waals surface area contributed by atoms with E-state index >= 15 is 0 Å². The van der Waals surface area contributed by atoms with E-state index in [1.165, 1.54) is 11.8 Å². The van der Waals surface area contributed by atoms with E-state index in [9.17, 15) is 14.4 Å². The second kappa shape index (κ2) is 5.75. The molecule has 1 N–H and O–H groups in total. The first kappa shape index (κ1) is 12.8. The number of ketones is 1. The van der Waals surface area contributed by atoms with Crippen molar-refractivity contribution in [3.8, 4) is 0 Å². The average Bonchev–Trinajstić information content (AvgIpc) is 2.35. The van der Waals surface area contributed by atoms with Gasteiger partial charge in [-0.25, -0.2) is 0 Å². The molecule has 0 spiro atoms. The van der Waals surface area contributed by atoms with Crippen LogP contribution in [0.2, 0.25) is 0 Å². The first-order valence-electron chi connectivity index (χ1n) is 5.53. The largest absolute Gasteiger partial charge is 0.329 e. The monoisotopic (exact) mass is 225 g/mol. The molecule has 2 atom stereocenters. The van der Waals surface area contributed by atoms with Crippen LogP contribution < -0.4 is 5.32 Å². The minimum absolute atomic E-state index is 0.0265. The molecule has 1 aliphatic heterocycles. The van der Waals surface area contributed by atoms with Crippen LogP contribution in [0, 0.1) is 5.92 Å². The maximum Gasteiger partial charge on any atom is 0.234 e. The van der Waals surface area contributed by atoms with Crippen LogP contribution >= 0.6 is 0 Å². The third kappa shape index (κ3) is 2.66. The van der Waals surface area contributed by atoms with E-state index < -0.39 is 12.0 Å². The van der Waals surface area contributed by atoms with Gasteiger partial charge in [0.25, 0.3) is 0 Å². The molecule has 0 aromatic carbocycles. The van der Waals surface area contributed by atoms with Crippen molar-refractivity contribution in [3.63, 3.8) is 0 Å². The van der Waals surface area contributed by atoms with Crippen LogP contribution in [0.15, 0.2) is 0 Å². The molecule has 1 fully saturated rings. The van der Waals surface area contributed by atoms with Gasteiger partial charge in [-0.15, -0.1) is 0 Å². The molecule has 5 heteroatoms. The van der Waals surface area contributed by atoms with Gasteiger partial charge in [-0.05, 0) is 6.92 Å². The highest BCUT2D eigenvalue weighted by Gasteiger charge is 2.33. The number of nitrogens with zero attached hydrogens (tertiary/aromatic N) is 1. The first-order chi connectivity index (χ1) is 7.61. The number of nitrogens with one attached hydrogen (secondary N) is 1. The number of amides is 1. The Morgan fingerprint density at radius 1 is 1.56 bits per heavy atom. The predicted octanol–water partition coefficient (Wildman–Crippen LogP) is -0.488. The molecule has 1 aliphatic rings. The smallest absolute Gasteiger partial charge is 0.234 e. The van der Waals surface area contributed by atoms with Gasteiger partial charge in [-0.1, -0.05) is 6.92 Å². The maximum absolute atomic E-state index is 11.8. The number of carbonyl (C=O) groups excluding carboxylic acids is 3. The Balaban J connectivity index is 2.77. The van der Waals surface area contributed by atoms with Gasteiger partial charge in [0.15, 0.2) is 5.78 Å². The van der Waals surface area contributed by atoms with Crippen LogP contribution in [-0.4, -0.2) is 48.6 Å². The third-order valence-electron chi connectivity index (χ3n) is 2.79. The Hall–Kier alpha value is -1.23. The lowest BCUT2D eigenvalue weighted by Crippen LogP contribution is -2.58. The zero-order valence-electron chi connectivity index (χ0n) is 9.66. The summed E-state index contributed by atoms with van der Waals surface area (Å²) >= 11 is 0. The molecule has 0 bridgehead atoms. The zero-order valence-corrected chi connectivity index (χ0v) is 9.66. The lowest BCUT2D eigenvalue weighted by Gasteiger charge is -2.35. The van der Waals surface area contributed by atoms with Crippen LogP contribution in [0.1, 0.15) is 20.3 Å². The molecule has 1 radical (unpaired) electrons. The minimum Gasteiger partial charge on any atom is -0.329 e. The van der Waals surface area contributed by atoms with Gasteiger partial charge in [-0.2, -0.15) is 0 Å². The van der Waals surface area contributed by atoms with Crippen molar-refractivity contribution in [2.45, 2.75) is 26.3 Å². The van der Waals surface area contributed by atoms with Gasteiger partial charge < -0.3 is 10.2 Å². The van der Waals surface area contributed by atoms with E-state index in [0.717, 1.165) is 0 Å². The molecule has 0 aromatic rings. The van der Waals surface area contributed by atoms with E-state index in [1.807, 2.05) is 0 Å². The molecule has 5 nitrogen and oxygen atoms in total. The lowest BCUT2D eigenvalue weighted by atomic mass is 10.0. The van der Waals surface area contributed by atoms with Crippen molar-refractivity contribution in [3.05, 3.63) is 0 Å². The standard InChI is InChI=1S/C11H17N2O3/c1-3-10(15)9-6-12-4-5-13(9)11(16)8(2)7-14/h8-9,12H,3-6H2,1-2H3. The summed E-state index contributed by atoms with van der Waals surface area (Å²) in [4.78, 5) is 35.5. The summed E-state index contributed by atoms with van der Waals surface area (Å²) in [6.07, 6.45) is 2.06. The normalized spacial score (nSPS) is 22.6. The number of hydrogen-bond donors (Lipinski definition) is 1. The fourth-order valence-electron chi connectivity index (χ4n) is 1.79. The summed E-state index contributed by atoms with van der Waals surface area (Å²) in [5.74, 6) is -1.06. The molecule has 0 aliphatic carbocycles. The van der Waals surface area contributed by atoms with Crippen molar-refractivity contribution in [2.24, 2.45) is 5.92 Å². The number of piperazine rings is 1. The van der Waals surface area contributed by atoms with Crippen molar-refractivity contribution >= 4 is 18.0 Å². The molecule has 2 unspecified atom stereocenters. The topological polar surface area (TPSA) is 66.5 Å². The minimum atomic E-state index is -0.787. The van der Waals surface area contributed by atoms with E-state index in [1.54, 1.807) is 13.2 Å². The number of hydrogen-bond acceptors (Lipinski definition) is 4. The number of rotatable bonds is 4. The van der Waals surface area contributed by atoms with Crippen molar-refractivity contribution < 1.29 is 14.4 Å². The fourth-order valence-corrected chi connectivity index (χ4v) is 1.79. The lowest BCUT2D eigenvalue weighted by molar-refractivity contribution is -0.141. The average molecular weight is 225 g/mol. The summed E-state index contributed by atoms with van der Waals surface area (Å²) in [5.41, 5.74) is 0. The molecule has 0 aromatic heterocycles. The van der Waals surface area contributed by atoms with Crippen LogP contribution in [0.5, 0.6) is 0 Å². The van der Waals surface area contributed by atoms with E-state index in [0.29, 0.717) is 26.1 Å². The van der Waals surface area contributed by atoms with Gasteiger partial charge in [0.05, 0.1) is 0 Å². The molecule has 89 valence electrons. The maximum atomic E-state index is 11.8. The van der Waals surface area contributed by atoms with E-state index in [4.69, 9.17) is 0 Å². The highest BCUT2D eigenvalue weighted by Crippen LogP contribution is 2.10. The Kier molecular flexibility index (Phi) is 4.61. The van der Waals surface area contributed by atoms with Crippen molar-refractivity contribution in [1.29, 1.82) is 0 Å². The molecular weight excluding hydrogens is 208 g/mol.